The van der Waals surface area contributed by atoms with Crippen LogP contribution >= 0.6 is 11.8 Å². The third kappa shape index (κ3) is 3.85. The Hall–Kier alpha value is -0.810. The SMILES string of the molecule is CC1(Oc2cccc(SC(F)F)c2)CCNCC1. The molecule has 0 unspecified atom stereocenters. The summed E-state index contributed by atoms with van der Waals surface area (Å²) in [5.41, 5.74) is -0.195. The van der Waals surface area contributed by atoms with Gasteiger partial charge in [0.25, 0.3) is 5.76 Å². The Bertz CT molecular complexity index is 394. The van der Waals surface area contributed by atoms with Gasteiger partial charge >= 0.3 is 0 Å². The van der Waals surface area contributed by atoms with Crippen LogP contribution in [0.2, 0.25) is 0 Å². The first kappa shape index (κ1) is 13.6. The van der Waals surface area contributed by atoms with E-state index in [2.05, 4.69) is 12.2 Å². The molecule has 1 N–H and O–H groups in total. The molecule has 1 aliphatic heterocycles. The zero-order valence-corrected chi connectivity index (χ0v) is 11.1. The van der Waals surface area contributed by atoms with Crippen LogP contribution < -0.4 is 10.1 Å². The maximum atomic E-state index is 12.3. The lowest BCUT2D eigenvalue weighted by molar-refractivity contribution is 0.0554. The van der Waals surface area contributed by atoms with Gasteiger partial charge in [0.1, 0.15) is 11.4 Å². The number of halogens is 2. The average Bonchev–Trinajstić information content (AvgIpc) is 2.28. The monoisotopic (exact) mass is 273 g/mol. The lowest BCUT2D eigenvalue weighted by Gasteiger charge is -2.34. The summed E-state index contributed by atoms with van der Waals surface area (Å²) in [5, 5.41) is 3.28. The number of hydrogen-bond donors (Lipinski definition) is 1. The molecule has 100 valence electrons. The predicted octanol–water partition coefficient (Wildman–Crippen LogP) is 3.52. The molecule has 2 rings (SSSR count). The molecule has 0 saturated carbocycles. The van der Waals surface area contributed by atoms with Gasteiger partial charge in [0.15, 0.2) is 0 Å². The lowest BCUT2D eigenvalue weighted by atomic mass is 9.94. The molecule has 1 saturated heterocycles. The highest BCUT2D eigenvalue weighted by Gasteiger charge is 2.28. The number of benzene rings is 1. The molecule has 0 bridgehead atoms. The molecule has 2 nitrogen and oxygen atoms in total. The van der Waals surface area contributed by atoms with Gasteiger partial charge in [-0.2, -0.15) is 8.78 Å². The van der Waals surface area contributed by atoms with Crippen molar-refractivity contribution in [1.29, 1.82) is 0 Å². The molecule has 0 spiro atoms. The first-order valence-corrected chi connectivity index (χ1v) is 6.90. The highest BCUT2D eigenvalue weighted by atomic mass is 32.2. The van der Waals surface area contributed by atoms with E-state index in [1.807, 2.05) is 6.07 Å². The number of nitrogens with one attached hydrogen (secondary N) is 1. The van der Waals surface area contributed by atoms with Gasteiger partial charge in [-0.1, -0.05) is 17.8 Å². The Labute approximate surface area is 110 Å². The van der Waals surface area contributed by atoms with Gasteiger partial charge in [-0.25, -0.2) is 0 Å². The molecule has 5 heteroatoms. The van der Waals surface area contributed by atoms with Crippen molar-refractivity contribution in [2.45, 2.75) is 36.0 Å². The van der Waals surface area contributed by atoms with Crippen LogP contribution in [0, 0.1) is 0 Å². The first-order chi connectivity index (χ1) is 8.57. The molecular formula is C13H17F2NOS. The van der Waals surface area contributed by atoms with Gasteiger partial charge in [-0.15, -0.1) is 0 Å². The van der Waals surface area contributed by atoms with Crippen LogP contribution in [0.25, 0.3) is 0 Å². The zero-order valence-electron chi connectivity index (χ0n) is 10.3. The average molecular weight is 273 g/mol. The Balaban J connectivity index is 2.04. The summed E-state index contributed by atoms with van der Waals surface area (Å²) in [6.45, 7) is 3.94. The van der Waals surface area contributed by atoms with Crippen LogP contribution in [0.15, 0.2) is 29.2 Å². The Morgan fingerprint density at radius 1 is 1.33 bits per heavy atom. The van der Waals surface area contributed by atoms with Crippen molar-refractivity contribution in [3.05, 3.63) is 24.3 Å². The maximum absolute atomic E-state index is 12.3. The summed E-state index contributed by atoms with van der Waals surface area (Å²) in [5.74, 6) is -1.72. The molecule has 1 aromatic rings. The third-order valence-electron chi connectivity index (χ3n) is 3.06. The van der Waals surface area contributed by atoms with Gasteiger partial charge in [0.2, 0.25) is 0 Å². The second-order valence-corrected chi connectivity index (χ2v) is 5.72. The fourth-order valence-electron chi connectivity index (χ4n) is 2.06. The summed E-state index contributed by atoms with van der Waals surface area (Å²) in [7, 11) is 0. The van der Waals surface area contributed by atoms with E-state index in [9.17, 15) is 8.78 Å². The fourth-order valence-corrected chi connectivity index (χ4v) is 2.60. The summed E-state index contributed by atoms with van der Waals surface area (Å²) in [6.07, 6.45) is 1.86. The largest absolute Gasteiger partial charge is 0.487 e. The van der Waals surface area contributed by atoms with Crippen LogP contribution in [0.4, 0.5) is 8.78 Å². The second kappa shape index (κ2) is 5.89. The highest BCUT2D eigenvalue weighted by Crippen LogP contribution is 2.31. The van der Waals surface area contributed by atoms with Crippen molar-refractivity contribution in [3.63, 3.8) is 0 Å². The summed E-state index contributed by atoms with van der Waals surface area (Å²) in [6, 6.07) is 6.94. The third-order valence-corrected chi connectivity index (χ3v) is 3.76. The lowest BCUT2D eigenvalue weighted by Crippen LogP contribution is -2.43. The van der Waals surface area contributed by atoms with E-state index in [4.69, 9.17) is 4.74 Å². The van der Waals surface area contributed by atoms with Gasteiger partial charge < -0.3 is 10.1 Å². The highest BCUT2D eigenvalue weighted by molar-refractivity contribution is 7.99. The molecule has 1 fully saturated rings. The van der Waals surface area contributed by atoms with Crippen molar-refractivity contribution in [2.75, 3.05) is 13.1 Å². The smallest absolute Gasteiger partial charge is 0.288 e. The Morgan fingerprint density at radius 3 is 2.72 bits per heavy atom. The molecule has 0 amide bonds. The van der Waals surface area contributed by atoms with Crippen LogP contribution in [0.3, 0.4) is 0 Å². The molecule has 18 heavy (non-hydrogen) atoms. The quantitative estimate of drug-likeness (QED) is 0.848. The minimum Gasteiger partial charge on any atom is -0.487 e. The number of hydrogen-bond acceptors (Lipinski definition) is 3. The molecule has 1 aromatic carbocycles. The standard InChI is InChI=1S/C13H17F2NOS/c1-13(5-7-16-8-6-13)17-10-3-2-4-11(9-10)18-12(14)15/h2-4,9,12,16H,5-8H2,1H3. The van der Waals surface area contributed by atoms with Gasteiger partial charge in [0, 0.05) is 4.90 Å². The van der Waals surface area contributed by atoms with E-state index in [1.165, 1.54) is 0 Å². The number of rotatable bonds is 4. The van der Waals surface area contributed by atoms with E-state index in [-0.39, 0.29) is 5.60 Å². The van der Waals surface area contributed by atoms with Gasteiger partial charge in [0.05, 0.1) is 0 Å². The summed E-state index contributed by atoms with van der Waals surface area (Å²) in [4.78, 5) is 0.542. The van der Waals surface area contributed by atoms with Crippen LogP contribution in [-0.2, 0) is 0 Å². The molecule has 0 aliphatic carbocycles. The van der Waals surface area contributed by atoms with E-state index < -0.39 is 5.76 Å². The number of ether oxygens (including phenoxy) is 1. The zero-order chi connectivity index (χ0) is 13.0. The maximum Gasteiger partial charge on any atom is 0.288 e. The summed E-state index contributed by atoms with van der Waals surface area (Å²) >= 11 is 0.548. The molecule has 0 atom stereocenters. The van der Waals surface area contributed by atoms with Crippen molar-refractivity contribution >= 4 is 11.8 Å². The normalized spacial score (nSPS) is 18.9. The number of thioether (sulfide) groups is 1. The van der Waals surface area contributed by atoms with E-state index in [0.717, 1.165) is 25.9 Å². The Kier molecular flexibility index (Phi) is 4.45. The van der Waals surface area contributed by atoms with E-state index in [0.29, 0.717) is 22.4 Å². The van der Waals surface area contributed by atoms with Crippen molar-refractivity contribution in [2.24, 2.45) is 0 Å². The van der Waals surface area contributed by atoms with Crippen LogP contribution in [-0.4, -0.2) is 24.4 Å². The van der Waals surface area contributed by atoms with E-state index in [1.54, 1.807) is 18.2 Å². The fraction of sp³-hybridized carbons (Fsp3) is 0.538. The minimum atomic E-state index is -2.39. The molecule has 0 aromatic heterocycles. The van der Waals surface area contributed by atoms with Gasteiger partial charge in [-0.05, 0) is 51.1 Å². The number of piperidine rings is 1. The second-order valence-electron chi connectivity index (χ2n) is 4.66. The van der Waals surface area contributed by atoms with Crippen LogP contribution in [0.5, 0.6) is 5.75 Å². The van der Waals surface area contributed by atoms with Crippen molar-refractivity contribution < 1.29 is 13.5 Å². The predicted molar refractivity (Wildman–Crippen MR) is 69.4 cm³/mol. The minimum absolute atomic E-state index is 0.195. The summed E-state index contributed by atoms with van der Waals surface area (Å²) < 4.78 is 30.6. The van der Waals surface area contributed by atoms with Crippen molar-refractivity contribution in [3.8, 4) is 5.75 Å². The van der Waals surface area contributed by atoms with E-state index >= 15 is 0 Å². The first-order valence-electron chi connectivity index (χ1n) is 6.02. The molecule has 1 heterocycles. The topological polar surface area (TPSA) is 21.3 Å². The molecular weight excluding hydrogens is 256 g/mol. The van der Waals surface area contributed by atoms with Crippen molar-refractivity contribution in [1.82, 2.24) is 5.32 Å². The van der Waals surface area contributed by atoms with Gasteiger partial charge in [-0.3, -0.25) is 0 Å². The number of alkyl halides is 2. The molecule has 1 aliphatic rings. The van der Waals surface area contributed by atoms with Crippen LogP contribution in [0.1, 0.15) is 19.8 Å². The Morgan fingerprint density at radius 2 is 2.06 bits per heavy atom. The molecule has 0 radical (unpaired) electrons.